The molecule has 0 aliphatic rings. The molecule has 0 aliphatic heterocycles. The van der Waals surface area contributed by atoms with E-state index in [1.54, 1.807) is 0 Å². The van der Waals surface area contributed by atoms with Gasteiger partial charge in [0.25, 0.3) is 0 Å². The molecule has 1 heterocycles. The second kappa shape index (κ2) is 11.3. The van der Waals surface area contributed by atoms with Gasteiger partial charge < -0.3 is 10.2 Å². The Hall–Kier alpha value is -3.55. The third-order valence-electron chi connectivity index (χ3n) is 5.85. The highest BCUT2D eigenvalue weighted by Gasteiger charge is 2.12. The van der Waals surface area contributed by atoms with Gasteiger partial charge in [-0.05, 0) is 61.6 Å². The highest BCUT2D eigenvalue weighted by molar-refractivity contribution is 7.71. The predicted octanol–water partition coefficient (Wildman–Crippen LogP) is 5.35. The van der Waals surface area contributed by atoms with E-state index in [2.05, 4.69) is 77.0 Å². The average molecular weight is 486 g/mol. The standard InChI is InChI=1S/C28H31N5OS/c1-20-7-6-9-23(17-20)27-30-31-28(35)33(27)16-15-26(34)29-18-24-8-4-5-10-25(24)22-13-11-21(12-14-22)19-32(2)3/h4-14,17H,15-16,18-19H2,1-3H3,(H,29,34)(H,31,35). The molecule has 4 rings (SSSR count). The Bertz CT molecular complexity index is 1350. The quantitative estimate of drug-likeness (QED) is 0.314. The molecule has 180 valence electrons. The number of carbonyl (C=O) groups excluding carboxylic acids is 1. The number of aryl methyl sites for hydroxylation is 1. The van der Waals surface area contributed by atoms with Crippen LogP contribution in [-0.2, 0) is 24.4 Å². The predicted molar refractivity (Wildman–Crippen MR) is 143 cm³/mol. The average Bonchev–Trinajstić information content (AvgIpc) is 3.22. The van der Waals surface area contributed by atoms with E-state index >= 15 is 0 Å². The molecule has 0 spiro atoms. The SMILES string of the molecule is Cc1cccc(-c2n[nH]c(=S)n2CCC(=O)NCc2ccccc2-c2ccc(CN(C)C)cc2)c1. The summed E-state index contributed by atoms with van der Waals surface area (Å²) in [5.41, 5.74) is 6.75. The maximum absolute atomic E-state index is 12.7. The van der Waals surface area contributed by atoms with Crippen molar-refractivity contribution < 1.29 is 4.79 Å². The van der Waals surface area contributed by atoms with Crippen molar-refractivity contribution in [3.05, 3.63) is 94.3 Å². The number of hydrogen-bond donors (Lipinski definition) is 2. The molecule has 3 aromatic carbocycles. The number of aromatic amines is 1. The van der Waals surface area contributed by atoms with Crippen LogP contribution in [0, 0.1) is 11.7 Å². The van der Waals surface area contributed by atoms with Crippen LogP contribution in [-0.4, -0.2) is 39.7 Å². The molecular weight excluding hydrogens is 454 g/mol. The number of rotatable bonds is 9. The first kappa shape index (κ1) is 24.6. The molecule has 0 unspecified atom stereocenters. The molecule has 6 nitrogen and oxygen atoms in total. The van der Waals surface area contributed by atoms with E-state index in [0.717, 1.165) is 40.2 Å². The van der Waals surface area contributed by atoms with E-state index in [4.69, 9.17) is 12.2 Å². The maximum atomic E-state index is 12.7. The number of nitrogens with zero attached hydrogens (tertiary/aromatic N) is 3. The fraction of sp³-hybridized carbons (Fsp3) is 0.250. The topological polar surface area (TPSA) is 66.0 Å². The van der Waals surface area contributed by atoms with Crippen LogP contribution in [0.1, 0.15) is 23.1 Å². The van der Waals surface area contributed by atoms with Gasteiger partial charge in [0.15, 0.2) is 10.6 Å². The first-order chi connectivity index (χ1) is 16.9. The highest BCUT2D eigenvalue weighted by atomic mass is 32.1. The van der Waals surface area contributed by atoms with Gasteiger partial charge in [-0.3, -0.25) is 14.5 Å². The number of hydrogen-bond acceptors (Lipinski definition) is 4. The molecule has 2 N–H and O–H groups in total. The lowest BCUT2D eigenvalue weighted by Gasteiger charge is -2.13. The van der Waals surface area contributed by atoms with Crippen LogP contribution in [0.3, 0.4) is 0 Å². The zero-order chi connectivity index (χ0) is 24.8. The van der Waals surface area contributed by atoms with Crippen molar-refractivity contribution >= 4 is 18.1 Å². The smallest absolute Gasteiger partial charge is 0.222 e. The van der Waals surface area contributed by atoms with Gasteiger partial charge in [0.1, 0.15) is 0 Å². The van der Waals surface area contributed by atoms with Crippen LogP contribution < -0.4 is 5.32 Å². The maximum Gasteiger partial charge on any atom is 0.222 e. The van der Waals surface area contributed by atoms with Gasteiger partial charge in [-0.25, -0.2) is 0 Å². The minimum atomic E-state index is -0.0283. The number of aromatic nitrogens is 3. The van der Waals surface area contributed by atoms with Gasteiger partial charge in [-0.1, -0.05) is 72.3 Å². The number of nitrogens with one attached hydrogen (secondary N) is 2. The summed E-state index contributed by atoms with van der Waals surface area (Å²) in [5, 5.41) is 10.3. The zero-order valence-electron chi connectivity index (χ0n) is 20.4. The van der Waals surface area contributed by atoms with Crippen LogP contribution >= 0.6 is 12.2 Å². The van der Waals surface area contributed by atoms with E-state index in [-0.39, 0.29) is 5.91 Å². The summed E-state index contributed by atoms with van der Waals surface area (Å²) in [5.74, 6) is 0.717. The lowest BCUT2D eigenvalue weighted by Crippen LogP contribution is -2.24. The Morgan fingerprint density at radius 3 is 2.54 bits per heavy atom. The third kappa shape index (κ3) is 6.32. The lowest BCUT2D eigenvalue weighted by atomic mass is 9.98. The molecule has 7 heteroatoms. The molecule has 0 atom stereocenters. The molecule has 0 saturated heterocycles. The molecule has 0 fully saturated rings. The van der Waals surface area contributed by atoms with Crippen LogP contribution in [0.4, 0.5) is 0 Å². The van der Waals surface area contributed by atoms with Crippen molar-refractivity contribution in [1.29, 1.82) is 0 Å². The first-order valence-electron chi connectivity index (χ1n) is 11.7. The van der Waals surface area contributed by atoms with Crippen molar-refractivity contribution in [2.24, 2.45) is 0 Å². The Morgan fingerprint density at radius 2 is 1.80 bits per heavy atom. The highest BCUT2D eigenvalue weighted by Crippen LogP contribution is 2.24. The van der Waals surface area contributed by atoms with E-state index in [0.29, 0.717) is 24.3 Å². The largest absolute Gasteiger partial charge is 0.352 e. The molecule has 0 saturated carbocycles. The Morgan fingerprint density at radius 1 is 1.03 bits per heavy atom. The van der Waals surface area contributed by atoms with Gasteiger partial charge in [0.05, 0.1) is 0 Å². The van der Waals surface area contributed by atoms with Crippen molar-refractivity contribution in [3.8, 4) is 22.5 Å². The third-order valence-corrected chi connectivity index (χ3v) is 6.17. The minimum Gasteiger partial charge on any atom is -0.352 e. The number of H-pyrrole nitrogens is 1. The number of carbonyl (C=O) groups is 1. The van der Waals surface area contributed by atoms with Gasteiger partial charge in [0, 0.05) is 31.6 Å². The van der Waals surface area contributed by atoms with Crippen LogP contribution in [0.2, 0.25) is 0 Å². The molecule has 0 aliphatic carbocycles. The van der Waals surface area contributed by atoms with Gasteiger partial charge >= 0.3 is 0 Å². The van der Waals surface area contributed by atoms with Crippen molar-refractivity contribution in [2.45, 2.75) is 33.0 Å². The summed E-state index contributed by atoms with van der Waals surface area (Å²) in [7, 11) is 4.13. The monoisotopic (exact) mass is 485 g/mol. The van der Waals surface area contributed by atoms with Crippen molar-refractivity contribution in [2.75, 3.05) is 14.1 Å². The molecule has 4 aromatic rings. The molecule has 1 aromatic heterocycles. The molecule has 0 radical (unpaired) electrons. The molecular formula is C28H31N5OS. The fourth-order valence-electron chi connectivity index (χ4n) is 4.14. The van der Waals surface area contributed by atoms with E-state index in [1.165, 1.54) is 5.56 Å². The lowest BCUT2D eigenvalue weighted by molar-refractivity contribution is -0.121. The van der Waals surface area contributed by atoms with Crippen LogP contribution in [0.25, 0.3) is 22.5 Å². The number of amides is 1. The van der Waals surface area contributed by atoms with Crippen molar-refractivity contribution in [1.82, 2.24) is 25.0 Å². The summed E-state index contributed by atoms with van der Waals surface area (Å²) in [6.07, 6.45) is 0.314. The summed E-state index contributed by atoms with van der Waals surface area (Å²) >= 11 is 5.41. The second-order valence-corrected chi connectivity index (χ2v) is 9.38. The zero-order valence-corrected chi connectivity index (χ0v) is 21.2. The Balaban J connectivity index is 1.40. The summed E-state index contributed by atoms with van der Waals surface area (Å²) in [6.45, 7) is 3.87. The summed E-state index contributed by atoms with van der Waals surface area (Å²) in [4.78, 5) is 14.9. The molecule has 0 bridgehead atoms. The van der Waals surface area contributed by atoms with E-state index < -0.39 is 0 Å². The van der Waals surface area contributed by atoms with Crippen LogP contribution in [0.5, 0.6) is 0 Å². The summed E-state index contributed by atoms with van der Waals surface area (Å²) in [6, 6.07) is 24.9. The summed E-state index contributed by atoms with van der Waals surface area (Å²) < 4.78 is 2.39. The fourth-order valence-corrected chi connectivity index (χ4v) is 4.36. The first-order valence-corrected chi connectivity index (χ1v) is 12.1. The van der Waals surface area contributed by atoms with Crippen molar-refractivity contribution in [3.63, 3.8) is 0 Å². The second-order valence-electron chi connectivity index (χ2n) is 8.99. The number of benzene rings is 3. The molecule has 35 heavy (non-hydrogen) atoms. The van der Waals surface area contributed by atoms with E-state index in [9.17, 15) is 4.79 Å². The van der Waals surface area contributed by atoms with Gasteiger partial charge in [-0.2, -0.15) is 5.10 Å². The van der Waals surface area contributed by atoms with E-state index in [1.807, 2.05) is 41.8 Å². The molecule has 1 amide bonds. The van der Waals surface area contributed by atoms with Gasteiger partial charge in [0.2, 0.25) is 5.91 Å². The van der Waals surface area contributed by atoms with Gasteiger partial charge in [-0.15, -0.1) is 0 Å². The Labute approximate surface area is 211 Å². The van der Waals surface area contributed by atoms with Crippen LogP contribution in [0.15, 0.2) is 72.8 Å². The minimum absolute atomic E-state index is 0.0283. The normalized spacial score (nSPS) is 11.1. The Kier molecular flexibility index (Phi) is 7.90.